The Balaban J connectivity index is 1.39. The highest BCUT2D eigenvalue weighted by Crippen LogP contribution is 2.19. The Morgan fingerprint density at radius 3 is 2.41 bits per heavy atom. The molecule has 0 fully saturated rings. The van der Waals surface area contributed by atoms with E-state index in [1.165, 1.54) is 6.21 Å². The van der Waals surface area contributed by atoms with Crippen molar-refractivity contribution >= 4 is 46.9 Å². The number of rotatable bonds is 9. The molecule has 0 heterocycles. The minimum Gasteiger partial charge on any atom is -0.489 e. The number of anilines is 1. The van der Waals surface area contributed by atoms with Crippen LogP contribution in [0.15, 0.2) is 77.9 Å². The van der Waals surface area contributed by atoms with Crippen LogP contribution in [0.1, 0.15) is 24.0 Å². The molecule has 2 amide bonds. The maximum absolute atomic E-state index is 11.9. The first-order valence-electron chi connectivity index (χ1n) is 9.83. The number of hydrazone groups is 1. The number of hydrogen-bond acceptors (Lipinski definition) is 4. The molecule has 0 unspecified atom stereocenters. The van der Waals surface area contributed by atoms with Crippen LogP contribution in [0.2, 0.25) is 10.0 Å². The lowest BCUT2D eigenvalue weighted by Gasteiger charge is -2.07. The van der Waals surface area contributed by atoms with E-state index in [0.29, 0.717) is 28.1 Å². The van der Waals surface area contributed by atoms with E-state index < -0.39 is 0 Å². The van der Waals surface area contributed by atoms with Crippen LogP contribution in [0.5, 0.6) is 5.75 Å². The van der Waals surface area contributed by atoms with Crippen molar-refractivity contribution in [2.75, 3.05) is 5.32 Å². The second-order valence-corrected chi connectivity index (χ2v) is 7.64. The van der Waals surface area contributed by atoms with Crippen LogP contribution in [-0.2, 0) is 16.2 Å². The van der Waals surface area contributed by atoms with E-state index in [4.69, 9.17) is 27.9 Å². The lowest BCUT2D eigenvalue weighted by Crippen LogP contribution is -2.20. The normalized spacial score (nSPS) is 10.7. The van der Waals surface area contributed by atoms with Crippen LogP contribution >= 0.6 is 23.2 Å². The zero-order valence-corrected chi connectivity index (χ0v) is 18.6. The quantitative estimate of drug-likeness (QED) is 0.323. The molecule has 0 saturated carbocycles. The molecular weight excluding hydrogens is 449 g/mol. The van der Waals surface area contributed by atoms with Crippen molar-refractivity contribution in [1.29, 1.82) is 0 Å². The molecule has 0 spiro atoms. The predicted molar refractivity (Wildman–Crippen MR) is 127 cm³/mol. The number of halogens is 2. The van der Waals surface area contributed by atoms with E-state index in [9.17, 15) is 9.59 Å². The summed E-state index contributed by atoms with van der Waals surface area (Å²) in [7, 11) is 0. The minimum absolute atomic E-state index is 0.0125. The van der Waals surface area contributed by atoms with E-state index >= 15 is 0 Å². The average Bonchev–Trinajstić information content (AvgIpc) is 2.78. The number of carbonyl (C=O) groups is 2. The fourth-order valence-electron chi connectivity index (χ4n) is 2.68. The number of hydrogen-bond donors (Lipinski definition) is 2. The Bertz CT molecular complexity index is 1100. The summed E-state index contributed by atoms with van der Waals surface area (Å²) in [5, 5.41) is 7.79. The van der Waals surface area contributed by atoms with Crippen molar-refractivity contribution in [3.8, 4) is 5.75 Å². The molecule has 8 heteroatoms. The maximum Gasteiger partial charge on any atom is 0.240 e. The molecule has 3 aromatic rings. The molecule has 0 aliphatic rings. The van der Waals surface area contributed by atoms with Gasteiger partial charge in [0.15, 0.2) is 0 Å². The summed E-state index contributed by atoms with van der Waals surface area (Å²) >= 11 is 12.0. The monoisotopic (exact) mass is 469 g/mol. The van der Waals surface area contributed by atoms with Crippen LogP contribution in [0.25, 0.3) is 0 Å². The Morgan fingerprint density at radius 2 is 1.66 bits per heavy atom. The number of nitrogens with zero attached hydrogens (tertiary/aromatic N) is 1. The number of nitrogens with one attached hydrogen (secondary N) is 2. The van der Waals surface area contributed by atoms with Gasteiger partial charge in [0.2, 0.25) is 11.8 Å². The molecule has 3 aromatic carbocycles. The van der Waals surface area contributed by atoms with E-state index in [1.54, 1.807) is 36.4 Å². The van der Waals surface area contributed by atoms with E-state index in [1.807, 2.05) is 36.4 Å². The van der Waals surface area contributed by atoms with Gasteiger partial charge < -0.3 is 10.1 Å². The van der Waals surface area contributed by atoms with Gasteiger partial charge in [-0.3, -0.25) is 9.59 Å². The largest absolute Gasteiger partial charge is 0.489 e. The fraction of sp³-hybridized carbons (Fsp3) is 0.125. The number of benzene rings is 3. The summed E-state index contributed by atoms with van der Waals surface area (Å²) in [6, 6.07) is 21.6. The Hall–Kier alpha value is -3.35. The molecule has 0 bridgehead atoms. The van der Waals surface area contributed by atoms with Crippen LogP contribution < -0.4 is 15.5 Å². The van der Waals surface area contributed by atoms with Gasteiger partial charge >= 0.3 is 0 Å². The third-order valence-electron chi connectivity index (χ3n) is 4.32. The molecule has 0 saturated heterocycles. The highest BCUT2D eigenvalue weighted by molar-refractivity contribution is 6.31. The molecule has 0 atom stereocenters. The van der Waals surface area contributed by atoms with Gasteiger partial charge in [0.1, 0.15) is 12.4 Å². The summed E-state index contributed by atoms with van der Waals surface area (Å²) in [5.74, 6) is 0.0535. The van der Waals surface area contributed by atoms with Crippen LogP contribution in [0.4, 0.5) is 5.69 Å². The van der Waals surface area contributed by atoms with Gasteiger partial charge in [0.25, 0.3) is 0 Å². The number of amides is 2. The van der Waals surface area contributed by atoms with Crippen LogP contribution in [0.3, 0.4) is 0 Å². The first kappa shape index (κ1) is 23.3. The van der Waals surface area contributed by atoms with Crippen LogP contribution in [0, 0.1) is 0 Å². The highest BCUT2D eigenvalue weighted by Gasteiger charge is 2.07. The molecule has 0 aliphatic heterocycles. The van der Waals surface area contributed by atoms with E-state index in [-0.39, 0.29) is 24.7 Å². The third kappa shape index (κ3) is 7.72. The maximum atomic E-state index is 11.9. The topological polar surface area (TPSA) is 79.8 Å². The Morgan fingerprint density at radius 1 is 0.906 bits per heavy atom. The second-order valence-electron chi connectivity index (χ2n) is 6.80. The third-order valence-corrected chi connectivity index (χ3v) is 4.93. The molecule has 3 rings (SSSR count). The molecule has 0 radical (unpaired) electrons. The summed E-state index contributed by atoms with van der Waals surface area (Å²) in [5.41, 5.74) is 4.69. The summed E-state index contributed by atoms with van der Waals surface area (Å²) in [6.07, 6.45) is 1.56. The summed E-state index contributed by atoms with van der Waals surface area (Å²) in [6.45, 7) is 0.369. The first-order valence-corrected chi connectivity index (χ1v) is 10.6. The molecule has 0 aromatic heterocycles. The predicted octanol–water partition coefficient (Wildman–Crippen LogP) is 5.44. The molecule has 2 N–H and O–H groups in total. The zero-order valence-electron chi connectivity index (χ0n) is 17.1. The van der Waals surface area contributed by atoms with Crippen molar-refractivity contribution in [3.63, 3.8) is 0 Å². The summed E-state index contributed by atoms with van der Waals surface area (Å²) in [4.78, 5) is 23.8. The van der Waals surface area contributed by atoms with Crippen molar-refractivity contribution in [2.24, 2.45) is 5.10 Å². The Labute approximate surface area is 196 Å². The van der Waals surface area contributed by atoms with Gasteiger partial charge in [-0.2, -0.15) is 5.10 Å². The van der Waals surface area contributed by atoms with Gasteiger partial charge in [-0.1, -0.05) is 47.5 Å². The first-order chi connectivity index (χ1) is 15.5. The lowest BCUT2D eigenvalue weighted by atomic mass is 10.2. The van der Waals surface area contributed by atoms with Crippen LogP contribution in [-0.4, -0.2) is 18.0 Å². The molecule has 6 nitrogen and oxygen atoms in total. The zero-order chi connectivity index (χ0) is 22.8. The van der Waals surface area contributed by atoms with Crippen molar-refractivity contribution in [3.05, 3.63) is 94.0 Å². The van der Waals surface area contributed by atoms with E-state index in [0.717, 1.165) is 11.1 Å². The number of ether oxygens (including phenoxy) is 1. The lowest BCUT2D eigenvalue weighted by molar-refractivity contribution is -0.124. The molecule has 164 valence electrons. The fourth-order valence-corrected chi connectivity index (χ4v) is 3.06. The SMILES string of the molecule is O=C(CCC(=O)Nc1cccc(Cl)c1)NN=Cc1ccc(OCc2ccccc2Cl)cc1. The average molecular weight is 470 g/mol. The second kappa shape index (κ2) is 11.9. The van der Waals surface area contributed by atoms with Crippen molar-refractivity contribution < 1.29 is 14.3 Å². The van der Waals surface area contributed by atoms with Crippen molar-refractivity contribution in [2.45, 2.75) is 19.4 Å². The summed E-state index contributed by atoms with van der Waals surface area (Å²) < 4.78 is 5.73. The van der Waals surface area contributed by atoms with Gasteiger partial charge in [0, 0.05) is 34.1 Å². The van der Waals surface area contributed by atoms with Gasteiger partial charge in [-0.05, 0) is 54.1 Å². The van der Waals surface area contributed by atoms with Gasteiger partial charge in [0.05, 0.1) is 6.21 Å². The molecule has 32 heavy (non-hydrogen) atoms. The van der Waals surface area contributed by atoms with E-state index in [2.05, 4.69) is 15.8 Å². The Kier molecular flexibility index (Phi) is 8.66. The smallest absolute Gasteiger partial charge is 0.240 e. The number of carbonyl (C=O) groups excluding carboxylic acids is 2. The molecule has 0 aliphatic carbocycles. The highest BCUT2D eigenvalue weighted by atomic mass is 35.5. The minimum atomic E-state index is -0.359. The molecular formula is C24H21Cl2N3O3. The van der Waals surface area contributed by atoms with Crippen molar-refractivity contribution in [1.82, 2.24) is 5.43 Å². The standard InChI is InChI=1S/C24H21Cl2N3O3/c25-19-5-3-6-20(14-19)28-23(30)12-13-24(31)29-27-15-17-8-10-21(11-9-17)32-16-18-4-1-2-7-22(18)26/h1-11,14-15H,12-13,16H2,(H,28,30)(H,29,31). The van der Waals surface area contributed by atoms with Gasteiger partial charge in [-0.25, -0.2) is 5.43 Å². The van der Waals surface area contributed by atoms with Gasteiger partial charge in [-0.15, -0.1) is 0 Å².